The molecule has 1 rings (SSSR count). The highest BCUT2D eigenvalue weighted by molar-refractivity contribution is 7.91. The van der Waals surface area contributed by atoms with Crippen LogP contribution in [0, 0.1) is 11.3 Å². The smallest absolute Gasteiger partial charge is 0.221 e. The average Bonchev–Trinajstić information content (AvgIpc) is 2.50. The molecular weight excluding hydrogens is 290 g/mol. The standard InChI is InChI=1S/C14H19N3O3S/c1-16-14(18)6-7-17(2)8-9-21(19,20)13-5-3-4-12(10-13)11-15/h3-5,10H,6-9H2,1-2H3,(H,16,18). The van der Waals surface area contributed by atoms with Crippen LogP contribution in [0.3, 0.4) is 0 Å². The third kappa shape index (κ3) is 5.53. The van der Waals surface area contributed by atoms with E-state index in [2.05, 4.69) is 5.32 Å². The summed E-state index contributed by atoms with van der Waals surface area (Å²) in [5.41, 5.74) is 0.323. The molecule has 0 aliphatic rings. The van der Waals surface area contributed by atoms with Crippen LogP contribution in [-0.4, -0.2) is 52.2 Å². The van der Waals surface area contributed by atoms with E-state index in [0.29, 0.717) is 25.1 Å². The normalized spacial score (nSPS) is 11.1. The second-order valence-corrected chi connectivity index (χ2v) is 6.79. The molecule has 21 heavy (non-hydrogen) atoms. The summed E-state index contributed by atoms with van der Waals surface area (Å²) in [5.74, 6) is -0.127. The number of benzene rings is 1. The summed E-state index contributed by atoms with van der Waals surface area (Å²) in [6.45, 7) is 0.823. The number of rotatable bonds is 7. The molecule has 1 aromatic rings. The number of nitrogens with zero attached hydrogens (tertiary/aromatic N) is 2. The van der Waals surface area contributed by atoms with Crippen LogP contribution in [0.25, 0.3) is 0 Å². The largest absolute Gasteiger partial charge is 0.359 e. The zero-order chi connectivity index (χ0) is 15.9. The maximum Gasteiger partial charge on any atom is 0.221 e. The number of nitriles is 1. The first-order valence-corrected chi connectivity index (χ1v) is 8.16. The Balaban J connectivity index is 2.60. The lowest BCUT2D eigenvalue weighted by atomic mass is 10.2. The Bertz CT molecular complexity index is 635. The molecule has 0 aromatic heterocycles. The van der Waals surface area contributed by atoms with Gasteiger partial charge in [-0.2, -0.15) is 5.26 Å². The minimum absolute atomic E-state index is 0.0495. The molecule has 0 spiro atoms. The van der Waals surface area contributed by atoms with Gasteiger partial charge in [0.15, 0.2) is 9.84 Å². The van der Waals surface area contributed by atoms with E-state index in [4.69, 9.17) is 5.26 Å². The van der Waals surface area contributed by atoms with Crippen LogP contribution in [0.5, 0.6) is 0 Å². The summed E-state index contributed by atoms with van der Waals surface area (Å²) in [6.07, 6.45) is 0.330. The Morgan fingerprint density at radius 1 is 1.38 bits per heavy atom. The van der Waals surface area contributed by atoms with Crippen molar-refractivity contribution >= 4 is 15.7 Å². The lowest BCUT2D eigenvalue weighted by Gasteiger charge is -2.16. The van der Waals surface area contributed by atoms with Crippen LogP contribution in [0.2, 0.25) is 0 Å². The van der Waals surface area contributed by atoms with Gasteiger partial charge in [0.1, 0.15) is 0 Å². The first-order chi connectivity index (χ1) is 9.89. The average molecular weight is 309 g/mol. The summed E-state index contributed by atoms with van der Waals surface area (Å²) in [4.78, 5) is 13.1. The fourth-order valence-corrected chi connectivity index (χ4v) is 3.06. The van der Waals surface area contributed by atoms with Gasteiger partial charge in [0, 0.05) is 26.6 Å². The fraction of sp³-hybridized carbons (Fsp3) is 0.429. The van der Waals surface area contributed by atoms with Crippen molar-refractivity contribution in [2.45, 2.75) is 11.3 Å². The van der Waals surface area contributed by atoms with Gasteiger partial charge >= 0.3 is 0 Å². The van der Waals surface area contributed by atoms with Crippen LogP contribution in [0.4, 0.5) is 0 Å². The first-order valence-electron chi connectivity index (χ1n) is 6.51. The molecule has 0 aliphatic heterocycles. The fourth-order valence-electron chi connectivity index (χ4n) is 1.68. The topological polar surface area (TPSA) is 90.3 Å². The van der Waals surface area contributed by atoms with Crippen molar-refractivity contribution in [3.05, 3.63) is 29.8 Å². The molecule has 0 atom stereocenters. The van der Waals surface area contributed by atoms with Crippen molar-refractivity contribution in [3.8, 4) is 6.07 Å². The van der Waals surface area contributed by atoms with E-state index in [-0.39, 0.29) is 16.6 Å². The lowest BCUT2D eigenvalue weighted by Crippen LogP contribution is -2.30. The molecule has 1 N–H and O–H groups in total. The molecule has 0 bridgehead atoms. The van der Waals surface area contributed by atoms with Gasteiger partial charge in [-0.3, -0.25) is 4.79 Å². The zero-order valence-electron chi connectivity index (χ0n) is 12.2. The van der Waals surface area contributed by atoms with Gasteiger partial charge in [0.2, 0.25) is 5.91 Å². The Morgan fingerprint density at radius 3 is 2.71 bits per heavy atom. The van der Waals surface area contributed by atoms with E-state index in [0.717, 1.165) is 0 Å². The number of amides is 1. The van der Waals surface area contributed by atoms with E-state index in [1.165, 1.54) is 12.1 Å². The maximum atomic E-state index is 12.2. The quantitative estimate of drug-likeness (QED) is 0.787. The van der Waals surface area contributed by atoms with E-state index in [1.807, 2.05) is 6.07 Å². The number of carbonyl (C=O) groups is 1. The van der Waals surface area contributed by atoms with Gasteiger partial charge in [0.05, 0.1) is 22.3 Å². The van der Waals surface area contributed by atoms with Crippen LogP contribution in [0.15, 0.2) is 29.2 Å². The Hall–Kier alpha value is -1.91. The van der Waals surface area contributed by atoms with Gasteiger partial charge in [-0.05, 0) is 25.2 Å². The molecule has 0 saturated carbocycles. The van der Waals surface area contributed by atoms with E-state index >= 15 is 0 Å². The van der Waals surface area contributed by atoms with Crippen LogP contribution >= 0.6 is 0 Å². The molecule has 0 saturated heterocycles. The zero-order valence-corrected chi connectivity index (χ0v) is 13.0. The molecule has 7 heteroatoms. The summed E-state index contributed by atoms with van der Waals surface area (Å²) in [6, 6.07) is 7.91. The number of hydrogen-bond donors (Lipinski definition) is 1. The highest BCUT2D eigenvalue weighted by Crippen LogP contribution is 2.13. The van der Waals surface area contributed by atoms with Crippen molar-refractivity contribution < 1.29 is 13.2 Å². The van der Waals surface area contributed by atoms with Crippen molar-refractivity contribution in [1.82, 2.24) is 10.2 Å². The second-order valence-electron chi connectivity index (χ2n) is 4.68. The minimum atomic E-state index is -3.43. The van der Waals surface area contributed by atoms with Gasteiger partial charge in [-0.15, -0.1) is 0 Å². The minimum Gasteiger partial charge on any atom is -0.359 e. The number of nitrogens with one attached hydrogen (secondary N) is 1. The molecule has 0 fully saturated rings. The molecule has 6 nitrogen and oxygen atoms in total. The lowest BCUT2D eigenvalue weighted by molar-refractivity contribution is -0.120. The van der Waals surface area contributed by atoms with Crippen molar-refractivity contribution in [1.29, 1.82) is 5.26 Å². The molecule has 114 valence electrons. The summed E-state index contributed by atoms with van der Waals surface area (Å²) >= 11 is 0. The summed E-state index contributed by atoms with van der Waals surface area (Å²) in [7, 11) is -0.0929. The third-order valence-electron chi connectivity index (χ3n) is 3.06. The number of carbonyl (C=O) groups excluding carboxylic acids is 1. The molecule has 0 radical (unpaired) electrons. The molecule has 0 unspecified atom stereocenters. The first kappa shape index (κ1) is 17.1. The van der Waals surface area contributed by atoms with Gasteiger partial charge < -0.3 is 10.2 Å². The van der Waals surface area contributed by atoms with Gasteiger partial charge in [-0.25, -0.2) is 8.42 Å². The van der Waals surface area contributed by atoms with Gasteiger partial charge in [-0.1, -0.05) is 6.07 Å². The second kappa shape index (κ2) is 7.76. The summed E-state index contributed by atoms with van der Waals surface area (Å²) < 4.78 is 24.4. The van der Waals surface area contributed by atoms with Gasteiger partial charge in [0.25, 0.3) is 0 Å². The number of sulfone groups is 1. The molecular formula is C14H19N3O3S. The van der Waals surface area contributed by atoms with Crippen LogP contribution < -0.4 is 5.32 Å². The van der Waals surface area contributed by atoms with Crippen LogP contribution in [-0.2, 0) is 14.6 Å². The van der Waals surface area contributed by atoms with Crippen molar-refractivity contribution in [3.63, 3.8) is 0 Å². The predicted molar refractivity (Wildman–Crippen MR) is 79.4 cm³/mol. The van der Waals surface area contributed by atoms with E-state index in [9.17, 15) is 13.2 Å². The molecule has 1 amide bonds. The number of hydrogen-bond acceptors (Lipinski definition) is 5. The Morgan fingerprint density at radius 2 is 2.10 bits per heavy atom. The van der Waals surface area contributed by atoms with Crippen LogP contribution in [0.1, 0.15) is 12.0 Å². The van der Waals surface area contributed by atoms with Crippen molar-refractivity contribution in [2.24, 2.45) is 0 Å². The Labute approximate surface area is 125 Å². The molecule has 1 aromatic carbocycles. The highest BCUT2D eigenvalue weighted by atomic mass is 32.2. The SMILES string of the molecule is CNC(=O)CCN(C)CCS(=O)(=O)c1cccc(C#N)c1. The van der Waals surface area contributed by atoms with Crippen molar-refractivity contribution in [2.75, 3.05) is 32.9 Å². The van der Waals surface area contributed by atoms with E-state index < -0.39 is 9.84 Å². The third-order valence-corrected chi connectivity index (χ3v) is 4.76. The van der Waals surface area contributed by atoms with E-state index in [1.54, 1.807) is 31.1 Å². The Kier molecular flexibility index (Phi) is 6.34. The molecule has 0 heterocycles. The monoisotopic (exact) mass is 309 g/mol. The highest BCUT2D eigenvalue weighted by Gasteiger charge is 2.16. The summed E-state index contributed by atoms with van der Waals surface area (Å²) in [5, 5.41) is 11.3. The maximum absolute atomic E-state index is 12.2. The predicted octanol–water partition coefficient (Wildman–Crippen LogP) is 0.400. The molecule has 0 aliphatic carbocycles.